The maximum Gasteiger partial charge on any atom is 0.0391 e. The number of rotatable bonds is 3. The fraction of sp³-hybridized carbons (Fsp3) is 0. The van der Waals surface area contributed by atoms with Gasteiger partial charge in [0, 0.05) is 31.5 Å². The fourth-order valence-electron chi connectivity index (χ4n) is 3.45. The minimum absolute atomic E-state index is 1.11. The summed E-state index contributed by atoms with van der Waals surface area (Å²) in [6, 6.07) is 34.2. The Bertz CT molecular complexity index is 1190. The zero-order valence-corrected chi connectivity index (χ0v) is 15.0. The normalized spacial score (nSPS) is 11.1. The average Bonchev–Trinajstić information content (AvgIpc) is 3.07. The summed E-state index contributed by atoms with van der Waals surface area (Å²) in [5.74, 6) is 0. The summed E-state index contributed by atoms with van der Waals surface area (Å²) in [5, 5.41) is 6.17. The highest BCUT2D eigenvalue weighted by atomic mass is 32.1. The van der Waals surface area contributed by atoms with E-state index < -0.39 is 0 Å². The van der Waals surface area contributed by atoms with Crippen molar-refractivity contribution in [3.8, 4) is 11.1 Å². The second kappa shape index (κ2) is 6.32. The maximum absolute atomic E-state index is 3.51. The summed E-state index contributed by atoms with van der Waals surface area (Å²) in [6.45, 7) is 0. The van der Waals surface area contributed by atoms with Crippen LogP contribution in [0.3, 0.4) is 0 Å². The number of thiophene rings is 1. The summed E-state index contributed by atoms with van der Waals surface area (Å²) in [5.41, 5.74) is 4.78. The third-order valence-corrected chi connectivity index (χ3v) is 5.78. The van der Waals surface area contributed by atoms with Crippen molar-refractivity contribution in [2.24, 2.45) is 0 Å². The Balaban J connectivity index is 1.71. The van der Waals surface area contributed by atoms with Crippen molar-refractivity contribution in [1.29, 1.82) is 0 Å². The third kappa shape index (κ3) is 2.65. The van der Waals surface area contributed by atoms with Gasteiger partial charge in [-0.3, -0.25) is 0 Å². The molecule has 0 aliphatic carbocycles. The summed E-state index contributed by atoms with van der Waals surface area (Å²) in [7, 11) is 0. The molecule has 0 aliphatic rings. The van der Waals surface area contributed by atoms with E-state index in [0.717, 1.165) is 11.4 Å². The van der Waals surface area contributed by atoms with Crippen molar-refractivity contribution in [2.45, 2.75) is 0 Å². The van der Waals surface area contributed by atoms with Gasteiger partial charge in [-0.25, -0.2) is 0 Å². The van der Waals surface area contributed by atoms with Crippen molar-refractivity contribution in [3.63, 3.8) is 0 Å². The summed E-state index contributed by atoms with van der Waals surface area (Å²) >= 11 is 1.86. The number of benzene rings is 4. The van der Waals surface area contributed by atoms with Gasteiger partial charge in [-0.2, -0.15) is 0 Å². The highest BCUT2D eigenvalue weighted by molar-refractivity contribution is 7.25. The van der Waals surface area contributed by atoms with E-state index in [1.165, 1.54) is 31.3 Å². The zero-order valence-electron chi connectivity index (χ0n) is 14.1. The number of fused-ring (bicyclic) bond motifs is 3. The molecule has 0 saturated heterocycles. The van der Waals surface area contributed by atoms with Gasteiger partial charge in [-0.15, -0.1) is 11.3 Å². The molecule has 5 aromatic rings. The molecular formula is C24H17NS. The molecule has 0 saturated carbocycles. The standard InChI is InChI=1S/C24H17NS/c1-3-8-17(9-4-1)20-12-7-13-23-24(20)21-16-19(14-15-22(21)26-23)25-18-10-5-2-6-11-18/h1-16,25H. The lowest BCUT2D eigenvalue weighted by molar-refractivity contribution is 1.57. The van der Waals surface area contributed by atoms with Crippen molar-refractivity contribution in [3.05, 3.63) is 97.1 Å². The molecule has 0 unspecified atom stereocenters. The van der Waals surface area contributed by atoms with Gasteiger partial charge >= 0.3 is 0 Å². The minimum Gasteiger partial charge on any atom is -0.356 e. The number of para-hydroxylation sites is 1. The van der Waals surface area contributed by atoms with Crippen LogP contribution in [0, 0.1) is 0 Å². The van der Waals surface area contributed by atoms with Crippen molar-refractivity contribution in [1.82, 2.24) is 0 Å². The monoisotopic (exact) mass is 351 g/mol. The van der Waals surface area contributed by atoms with Crippen LogP contribution in [-0.2, 0) is 0 Å². The average molecular weight is 351 g/mol. The molecule has 124 valence electrons. The predicted octanol–water partition coefficient (Wildman–Crippen LogP) is 7.47. The van der Waals surface area contributed by atoms with Gasteiger partial charge in [0.25, 0.3) is 0 Å². The molecule has 0 bridgehead atoms. The fourth-order valence-corrected chi connectivity index (χ4v) is 4.56. The highest BCUT2D eigenvalue weighted by Gasteiger charge is 2.11. The molecule has 0 amide bonds. The first kappa shape index (κ1) is 15.2. The summed E-state index contributed by atoms with van der Waals surface area (Å²) in [4.78, 5) is 0. The largest absolute Gasteiger partial charge is 0.356 e. The van der Waals surface area contributed by atoms with Crippen LogP contribution >= 0.6 is 11.3 Å². The van der Waals surface area contributed by atoms with Gasteiger partial charge in [0.2, 0.25) is 0 Å². The smallest absolute Gasteiger partial charge is 0.0391 e. The zero-order chi connectivity index (χ0) is 17.3. The van der Waals surface area contributed by atoms with E-state index in [-0.39, 0.29) is 0 Å². The van der Waals surface area contributed by atoms with Gasteiger partial charge in [-0.1, -0.05) is 60.7 Å². The molecule has 2 heteroatoms. The van der Waals surface area contributed by atoms with E-state index in [4.69, 9.17) is 0 Å². The van der Waals surface area contributed by atoms with Crippen molar-refractivity contribution < 1.29 is 0 Å². The van der Waals surface area contributed by atoms with Gasteiger partial charge in [0.1, 0.15) is 0 Å². The van der Waals surface area contributed by atoms with Crippen LogP contribution in [0.25, 0.3) is 31.3 Å². The second-order valence-electron chi connectivity index (χ2n) is 6.35. The lowest BCUT2D eigenvalue weighted by Gasteiger charge is -2.08. The van der Waals surface area contributed by atoms with E-state index in [2.05, 4.69) is 84.2 Å². The van der Waals surface area contributed by atoms with Gasteiger partial charge < -0.3 is 5.32 Å². The molecule has 0 aliphatic heterocycles. The first-order chi connectivity index (χ1) is 12.9. The van der Waals surface area contributed by atoms with E-state index in [1.807, 2.05) is 29.5 Å². The Kier molecular flexibility index (Phi) is 3.69. The van der Waals surface area contributed by atoms with Gasteiger partial charge in [0.05, 0.1) is 0 Å². The van der Waals surface area contributed by atoms with E-state index in [0.29, 0.717) is 0 Å². The Morgan fingerprint density at radius 1 is 0.577 bits per heavy atom. The lowest BCUT2D eigenvalue weighted by atomic mass is 9.99. The second-order valence-corrected chi connectivity index (χ2v) is 7.43. The van der Waals surface area contributed by atoms with E-state index in [1.54, 1.807) is 0 Å². The van der Waals surface area contributed by atoms with Crippen LogP contribution in [0.5, 0.6) is 0 Å². The number of anilines is 2. The van der Waals surface area contributed by atoms with Gasteiger partial charge in [-0.05, 0) is 47.5 Å². The van der Waals surface area contributed by atoms with Gasteiger partial charge in [0.15, 0.2) is 0 Å². The molecule has 1 nitrogen and oxygen atoms in total. The quantitative estimate of drug-likeness (QED) is 0.355. The first-order valence-electron chi connectivity index (χ1n) is 8.71. The SMILES string of the molecule is c1ccc(Nc2ccc3sc4cccc(-c5ccccc5)c4c3c2)cc1. The Hall–Kier alpha value is -3.10. The number of hydrogen-bond donors (Lipinski definition) is 1. The van der Waals surface area contributed by atoms with E-state index in [9.17, 15) is 0 Å². The molecule has 0 radical (unpaired) electrons. The maximum atomic E-state index is 3.51. The van der Waals surface area contributed by atoms with Crippen molar-refractivity contribution in [2.75, 3.05) is 5.32 Å². The van der Waals surface area contributed by atoms with Crippen LogP contribution in [-0.4, -0.2) is 0 Å². The molecule has 0 spiro atoms. The molecule has 5 rings (SSSR count). The van der Waals surface area contributed by atoms with Crippen LogP contribution in [0.15, 0.2) is 97.1 Å². The molecule has 4 aromatic carbocycles. The summed E-state index contributed by atoms with van der Waals surface area (Å²) < 4.78 is 2.65. The van der Waals surface area contributed by atoms with E-state index >= 15 is 0 Å². The number of nitrogens with one attached hydrogen (secondary N) is 1. The lowest BCUT2D eigenvalue weighted by Crippen LogP contribution is -1.88. The molecule has 1 N–H and O–H groups in total. The topological polar surface area (TPSA) is 12.0 Å². The molecule has 26 heavy (non-hydrogen) atoms. The van der Waals surface area contributed by atoms with Crippen LogP contribution < -0.4 is 5.32 Å². The predicted molar refractivity (Wildman–Crippen MR) is 114 cm³/mol. The Morgan fingerprint density at radius 3 is 2.15 bits per heavy atom. The molecule has 0 atom stereocenters. The molecular weight excluding hydrogens is 334 g/mol. The van der Waals surface area contributed by atoms with Crippen LogP contribution in [0.2, 0.25) is 0 Å². The Morgan fingerprint density at radius 2 is 1.35 bits per heavy atom. The molecule has 0 fully saturated rings. The molecule has 1 heterocycles. The highest BCUT2D eigenvalue weighted by Crippen LogP contribution is 2.41. The van der Waals surface area contributed by atoms with Crippen LogP contribution in [0.1, 0.15) is 0 Å². The Labute approximate surface area is 156 Å². The first-order valence-corrected chi connectivity index (χ1v) is 9.53. The van der Waals surface area contributed by atoms with Crippen LogP contribution in [0.4, 0.5) is 11.4 Å². The summed E-state index contributed by atoms with van der Waals surface area (Å²) in [6.07, 6.45) is 0. The number of hydrogen-bond acceptors (Lipinski definition) is 2. The molecule has 1 aromatic heterocycles. The van der Waals surface area contributed by atoms with Crippen molar-refractivity contribution >= 4 is 42.9 Å². The third-order valence-electron chi connectivity index (χ3n) is 4.64. The minimum atomic E-state index is 1.11.